The van der Waals surface area contributed by atoms with Crippen LogP contribution in [0.1, 0.15) is 35.6 Å². The molecule has 3 atom stereocenters. The monoisotopic (exact) mass is 436 g/mol. The molecule has 3 rings (SSSR count). The Bertz CT molecular complexity index is 1060. The van der Waals surface area contributed by atoms with Gasteiger partial charge in [-0.15, -0.1) is 0 Å². The molecule has 2 heterocycles. The lowest BCUT2D eigenvalue weighted by Crippen LogP contribution is -2.49. The highest BCUT2D eigenvalue weighted by molar-refractivity contribution is 5.95. The molecular weight excluding hydrogens is 409 g/mol. The van der Waals surface area contributed by atoms with E-state index in [1.807, 2.05) is 0 Å². The van der Waals surface area contributed by atoms with E-state index in [4.69, 9.17) is 10.5 Å². The average molecular weight is 436 g/mol. The molecule has 3 unspecified atom stereocenters. The number of halogens is 3. The summed E-state index contributed by atoms with van der Waals surface area (Å²) in [6, 6.07) is 1.69. The maximum absolute atomic E-state index is 14.7. The van der Waals surface area contributed by atoms with Crippen molar-refractivity contribution in [2.24, 2.45) is 11.7 Å². The van der Waals surface area contributed by atoms with E-state index in [-0.39, 0.29) is 18.8 Å². The SMILES string of the molecule is Cc1cc(OCC2C(F)=CC=CC2(C)F)c2nc(C)c(C(=O)NCC(C)(N)CF)n2c1. The lowest BCUT2D eigenvalue weighted by molar-refractivity contribution is 0.0935. The lowest BCUT2D eigenvalue weighted by atomic mass is 9.87. The molecule has 9 heteroatoms. The van der Waals surface area contributed by atoms with Gasteiger partial charge in [-0.25, -0.2) is 18.2 Å². The molecule has 168 valence electrons. The number of alkyl halides is 2. The molecule has 0 fully saturated rings. The van der Waals surface area contributed by atoms with E-state index < -0.39 is 35.5 Å². The van der Waals surface area contributed by atoms with Crippen LogP contribution in [-0.4, -0.2) is 46.3 Å². The average Bonchev–Trinajstić information content (AvgIpc) is 3.01. The Kier molecular flexibility index (Phi) is 6.18. The van der Waals surface area contributed by atoms with Gasteiger partial charge in [0.25, 0.3) is 5.91 Å². The number of nitrogens with two attached hydrogens (primary N) is 1. The van der Waals surface area contributed by atoms with Gasteiger partial charge in [0.2, 0.25) is 0 Å². The van der Waals surface area contributed by atoms with E-state index >= 15 is 0 Å². The molecule has 2 aromatic heterocycles. The summed E-state index contributed by atoms with van der Waals surface area (Å²) in [5, 5.41) is 2.63. The molecule has 6 nitrogen and oxygen atoms in total. The summed E-state index contributed by atoms with van der Waals surface area (Å²) in [6.45, 7) is 5.16. The molecule has 0 radical (unpaired) electrons. The number of nitrogens with one attached hydrogen (secondary N) is 1. The maximum Gasteiger partial charge on any atom is 0.270 e. The molecule has 0 saturated carbocycles. The van der Waals surface area contributed by atoms with Gasteiger partial charge in [0.1, 0.15) is 30.5 Å². The van der Waals surface area contributed by atoms with Crippen LogP contribution in [0, 0.1) is 19.8 Å². The van der Waals surface area contributed by atoms with Gasteiger partial charge in [0.05, 0.1) is 17.2 Å². The number of nitrogens with zero attached hydrogens (tertiary/aromatic N) is 2. The Balaban J connectivity index is 1.89. The van der Waals surface area contributed by atoms with Crippen LogP contribution in [0.2, 0.25) is 0 Å². The molecule has 0 saturated heterocycles. The number of amides is 1. The number of fused-ring (bicyclic) bond motifs is 1. The molecule has 1 aliphatic rings. The summed E-state index contributed by atoms with van der Waals surface area (Å²) < 4.78 is 49.2. The second-order valence-corrected chi connectivity index (χ2v) is 8.52. The number of aromatic nitrogens is 2. The summed E-state index contributed by atoms with van der Waals surface area (Å²) in [7, 11) is 0. The van der Waals surface area contributed by atoms with Gasteiger partial charge in [-0.05, 0) is 51.5 Å². The minimum Gasteiger partial charge on any atom is -0.489 e. The first-order valence-corrected chi connectivity index (χ1v) is 9.94. The number of allylic oxidation sites excluding steroid dienone is 3. The first kappa shape index (κ1) is 22.9. The van der Waals surface area contributed by atoms with Crippen LogP contribution < -0.4 is 15.8 Å². The van der Waals surface area contributed by atoms with E-state index in [0.29, 0.717) is 17.1 Å². The zero-order valence-corrected chi connectivity index (χ0v) is 18.0. The van der Waals surface area contributed by atoms with E-state index in [1.54, 1.807) is 30.5 Å². The molecule has 0 bridgehead atoms. The summed E-state index contributed by atoms with van der Waals surface area (Å²) in [6.07, 6.45) is 5.55. The number of imidazole rings is 1. The van der Waals surface area contributed by atoms with Crippen molar-refractivity contribution in [3.8, 4) is 5.75 Å². The standard InChI is InChI=1S/C22H27F3N4O2/c1-13-8-17(31-10-15-16(24)6-5-7-22(15,4)25)19-28-14(2)18(29(19)9-13)20(30)27-12-21(3,26)11-23/h5-9,15H,10-12,26H2,1-4H3,(H,27,30). The Morgan fingerprint density at radius 2 is 2.16 bits per heavy atom. The van der Waals surface area contributed by atoms with Gasteiger partial charge in [-0.1, -0.05) is 6.08 Å². The van der Waals surface area contributed by atoms with Crippen molar-refractivity contribution in [2.45, 2.75) is 38.9 Å². The van der Waals surface area contributed by atoms with Crippen molar-refractivity contribution in [1.82, 2.24) is 14.7 Å². The van der Waals surface area contributed by atoms with Gasteiger partial charge in [-0.3, -0.25) is 9.20 Å². The quantitative estimate of drug-likeness (QED) is 0.696. The number of hydrogen-bond donors (Lipinski definition) is 2. The zero-order valence-electron chi connectivity index (χ0n) is 18.0. The fraction of sp³-hybridized carbons (Fsp3) is 0.455. The summed E-state index contributed by atoms with van der Waals surface area (Å²) in [4.78, 5) is 17.2. The van der Waals surface area contributed by atoms with Gasteiger partial charge in [0.15, 0.2) is 11.4 Å². The topological polar surface area (TPSA) is 81.6 Å². The molecule has 0 aliphatic heterocycles. The lowest BCUT2D eigenvalue weighted by Gasteiger charge is -2.28. The van der Waals surface area contributed by atoms with Crippen LogP contribution in [0.4, 0.5) is 13.2 Å². The first-order chi connectivity index (χ1) is 14.4. The van der Waals surface area contributed by atoms with Gasteiger partial charge >= 0.3 is 0 Å². The highest BCUT2D eigenvalue weighted by atomic mass is 19.2. The fourth-order valence-electron chi connectivity index (χ4n) is 3.40. The summed E-state index contributed by atoms with van der Waals surface area (Å²) in [5.41, 5.74) is 4.46. The Morgan fingerprint density at radius 1 is 1.45 bits per heavy atom. The van der Waals surface area contributed by atoms with Gasteiger partial charge < -0.3 is 15.8 Å². The number of carbonyl (C=O) groups is 1. The number of rotatable bonds is 7. The minimum absolute atomic E-state index is 0.0555. The van der Waals surface area contributed by atoms with Crippen LogP contribution in [0.15, 0.2) is 36.3 Å². The normalized spacial score (nSPS) is 22.8. The van der Waals surface area contributed by atoms with Crippen molar-refractivity contribution in [1.29, 1.82) is 0 Å². The number of ether oxygens (including phenoxy) is 1. The molecule has 1 amide bonds. The van der Waals surface area contributed by atoms with Crippen molar-refractivity contribution in [2.75, 3.05) is 19.8 Å². The predicted octanol–water partition coefficient (Wildman–Crippen LogP) is 3.51. The molecule has 3 N–H and O–H groups in total. The maximum atomic E-state index is 14.7. The highest BCUT2D eigenvalue weighted by Crippen LogP contribution is 2.35. The van der Waals surface area contributed by atoms with Crippen molar-refractivity contribution in [3.05, 3.63) is 53.3 Å². The van der Waals surface area contributed by atoms with Gasteiger partial charge in [-0.2, -0.15) is 0 Å². The third-order valence-electron chi connectivity index (χ3n) is 5.27. The van der Waals surface area contributed by atoms with Crippen molar-refractivity contribution in [3.63, 3.8) is 0 Å². The molecule has 0 spiro atoms. The van der Waals surface area contributed by atoms with Crippen molar-refractivity contribution >= 4 is 11.6 Å². The second kappa shape index (κ2) is 8.37. The van der Waals surface area contributed by atoms with E-state index in [9.17, 15) is 18.0 Å². The molecule has 0 aromatic carbocycles. The van der Waals surface area contributed by atoms with E-state index in [1.165, 1.54) is 32.1 Å². The van der Waals surface area contributed by atoms with Crippen LogP contribution >= 0.6 is 0 Å². The molecular formula is C22H27F3N4O2. The van der Waals surface area contributed by atoms with Crippen LogP contribution in [-0.2, 0) is 0 Å². The van der Waals surface area contributed by atoms with E-state index in [2.05, 4.69) is 10.3 Å². The first-order valence-electron chi connectivity index (χ1n) is 9.94. The van der Waals surface area contributed by atoms with Crippen LogP contribution in [0.3, 0.4) is 0 Å². The third-order valence-corrected chi connectivity index (χ3v) is 5.27. The fourth-order valence-corrected chi connectivity index (χ4v) is 3.40. The van der Waals surface area contributed by atoms with Crippen LogP contribution in [0.25, 0.3) is 5.65 Å². The number of carbonyl (C=O) groups excluding carboxylic acids is 1. The summed E-state index contributed by atoms with van der Waals surface area (Å²) >= 11 is 0. The Hall–Kier alpha value is -2.81. The van der Waals surface area contributed by atoms with Crippen molar-refractivity contribution < 1.29 is 22.7 Å². The predicted molar refractivity (Wildman–Crippen MR) is 112 cm³/mol. The molecule has 1 aliphatic carbocycles. The smallest absolute Gasteiger partial charge is 0.270 e. The second-order valence-electron chi connectivity index (χ2n) is 8.52. The number of pyridine rings is 1. The summed E-state index contributed by atoms with van der Waals surface area (Å²) in [5.74, 6) is -1.87. The Morgan fingerprint density at radius 3 is 2.81 bits per heavy atom. The van der Waals surface area contributed by atoms with E-state index in [0.717, 1.165) is 5.56 Å². The van der Waals surface area contributed by atoms with Crippen LogP contribution in [0.5, 0.6) is 5.75 Å². The third kappa shape index (κ3) is 4.76. The Labute approximate surface area is 179 Å². The highest BCUT2D eigenvalue weighted by Gasteiger charge is 2.37. The largest absolute Gasteiger partial charge is 0.489 e. The molecule has 31 heavy (non-hydrogen) atoms. The zero-order chi connectivity index (χ0) is 23.0. The minimum atomic E-state index is -1.89. The number of hydrogen-bond acceptors (Lipinski definition) is 4. The molecule has 2 aromatic rings. The van der Waals surface area contributed by atoms with Gasteiger partial charge in [0, 0.05) is 12.7 Å². The number of aryl methyl sites for hydroxylation is 2.